The first-order valence-electron chi connectivity index (χ1n) is 9.16. The van der Waals surface area contributed by atoms with Crippen LogP contribution in [-0.2, 0) is 11.2 Å². The Morgan fingerprint density at radius 3 is 2.50 bits per heavy atom. The summed E-state index contributed by atoms with van der Waals surface area (Å²) in [7, 11) is 0. The van der Waals surface area contributed by atoms with Crippen LogP contribution in [0.3, 0.4) is 0 Å². The highest BCUT2D eigenvalue weighted by Gasteiger charge is 2.11. The zero-order valence-corrected chi connectivity index (χ0v) is 17.7. The van der Waals surface area contributed by atoms with Gasteiger partial charge >= 0.3 is 0 Å². The van der Waals surface area contributed by atoms with Gasteiger partial charge in [0.05, 0.1) is 6.42 Å². The Kier molecular flexibility index (Phi) is 6.31. The summed E-state index contributed by atoms with van der Waals surface area (Å²) in [5, 5.41) is 7.22. The van der Waals surface area contributed by atoms with Crippen LogP contribution in [0.25, 0.3) is 0 Å². The summed E-state index contributed by atoms with van der Waals surface area (Å²) in [6.45, 7) is 1.82. The molecule has 0 aliphatic heterocycles. The Balaban J connectivity index is 1.40. The average Bonchev–Trinajstić information content (AvgIpc) is 3.15. The zero-order chi connectivity index (χ0) is 20.8. The number of rotatable bonds is 7. The molecule has 7 nitrogen and oxygen atoms in total. The highest BCUT2D eigenvalue weighted by molar-refractivity contribution is 7.99. The molecule has 1 amide bonds. The molecule has 0 aliphatic carbocycles. The van der Waals surface area contributed by atoms with Crippen LogP contribution in [0.5, 0.6) is 0 Å². The lowest BCUT2D eigenvalue weighted by atomic mass is 10.3. The third-order valence-corrected chi connectivity index (χ3v) is 5.63. The number of hydrogen-bond donors (Lipinski definition) is 2. The Labute approximate surface area is 182 Å². The lowest BCUT2D eigenvalue weighted by molar-refractivity contribution is -0.115. The fourth-order valence-corrected chi connectivity index (χ4v) is 4.20. The summed E-state index contributed by atoms with van der Waals surface area (Å²) in [4.78, 5) is 31.6. The van der Waals surface area contributed by atoms with E-state index in [0.717, 1.165) is 15.5 Å². The van der Waals surface area contributed by atoms with Crippen LogP contribution < -0.4 is 10.6 Å². The highest BCUT2D eigenvalue weighted by Crippen LogP contribution is 2.26. The SMILES string of the molecule is Cc1nc(Nc2ncc(CC(=O)Nc3ccccc3)s2)nc(Sc2ccccc2)n1. The normalized spacial score (nSPS) is 10.6. The van der Waals surface area contributed by atoms with Crippen LogP contribution >= 0.6 is 23.1 Å². The summed E-state index contributed by atoms with van der Waals surface area (Å²) in [6, 6.07) is 19.3. The molecule has 9 heteroatoms. The molecule has 2 aromatic carbocycles. The molecule has 0 aliphatic rings. The van der Waals surface area contributed by atoms with E-state index in [-0.39, 0.29) is 12.3 Å². The second-order valence-electron chi connectivity index (χ2n) is 6.25. The first-order chi connectivity index (χ1) is 14.6. The van der Waals surface area contributed by atoms with E-state index in [9.17, 15) is 4.79 Å². The van der Waals surface area contributed by atoms with E-state index in [1.807, 2.05) is 67.6 Å². The number of aromatic nitrogens is 4. The van der Waals surface area contributed by atoms with Gasteiger partial charge in [-0.2, -0.15) is 9.97 Å². The molecule has 2 heterocycles. The number of carbonyl (C=O) groups excluding carboxylic acids is 1. The number of nitrogens with one attached hydrogen (secondary N) is 2. The second-order valence-corrected chi connectivity index (χ2v) is 8.41. The Bertz CT molecular complexity index is 1130. The van der Waals surface area contributed by atoms with Crippen molar-refractivity contribution in [2.24, 2.45) is 0 Å². The molecule has 0 spiro atoms. The topological polar surface area (TPSA) is 92.7 Å². The number of anilines is 3. The van der Waals surface area contributed by atoms with Crippen molar-refractivity contribution in [2.75, 3.05) is 10.6 Å². The summed E-state index contributed by atoms with van der Waals surface area (Å²) < 4.78 is 0. The van der Waals surface area contributed by atoms with E-state index in [4.69, 9.17) is 0 Å². The van der Waals surface area contributed by atoms with Crippen molar-refractivity contribution in [3.05, 3.63) is 77.6 Å². The van der Waals surface area contributed by atoms with Crippen LogP contribution in [0.1, 0.15) is 10.7 Å². The van der Waals surface area contributed by atoms with Gasteiger partial charge in [0.2, 0.25) is 11.9 Å². The molecular weight excluding hydrogens is 416 g/mol. The Hall–Kier alpha value is -3.30. The fourth-order valence-electron chi connectivity index (χ4n) is 2.58. The highest BCUT2D eigenvalue weighted by atomic mass is 32.2. The molecule has 0 saturated heterocycles. The van der Waals surface area contributed by atoms with Gasteiger partial charge in [-0.15, -0.1) is 11.3 Å². The molecule has 30 heavy (non-hydrogen) atoms. The summed E-state index contributed by atoms with van der Waals surface area (Å²) >= 11 is 2.86. The van der Waals surface area contributed by atoms with Gasteiger partial charge in [-0.1, -0.05) is 36.4 Å². The number of amides is 1. The van der Waals surface area contributed by atoms with Gasteiger partial charge in [-0.05, 0) is 43.0 Å². The smallest absolute Gasteiger partial charge is 0.233 e. The van der Waals surface area contributed by atoms with Crippen LogP contribution in [0.15, 0.2) is 76.9 Å². The number of nitrogens with zero attached hydrogens (tertiary/aromatic N) is 4. The Morgan fingerprint density at radius 2 is 1.73 bits per heavy atom. The van der Waals surface area contributed by atoms with E-state index in [1.54, 1.807) is 6.20 Å². The number of para-hydroxylation sites is 1. The van der Waals surface area contributed by atoms with Gasteiger partial charge in [-0.3, -0.25) is 10.1 Å². The van der Waals surface area contributed by atoms with Crippen molar-refractivity contribution in [2.45, 2.75) is 23.4 Å². The molecule has 2 N–H and O–H groups in total. The number of aryl methyl sites for hydroxylation is 1. The van der Waals surface area contributed by atoms with Gasteiger partial charge < -0.3 is 5.32 Å². The van der Waals surface area contributed by atoms with Gasteiger partial charge in [-0.25, -0.2) is 9.97 Å². The molecule has 0 atom stereocenters. The Morgan fingerprint density at radius 1 is 1.00 bits per heavy atom. The van der Waals surface area contributed by atoms with E-state index in [0.29, 0.717) is 22.1 Å². The third kappa shape index (κ3) is 5.62. The summed E-state index contributed by atoms with van der Waals surface area (Å²) in [5.41, 5.74) is 0.773. The largest absolute Gasteiger partial charge is 0.326 e. The van der Waals surface area contributed by atoms with Gasteiger partial charge in [0.25, 0.3) is 0 Å². The van der Waals surface area contributed by atoms with Crippen LogP contribution in [0.4, 0.5) is 16.8 Å². The van der Waals surface area contributed by atoms with Crippen LogP contribution in [0.2, 0.25) is 0 Å². The van der Waals surface area contributed by atoms with Crippen LogP contribution in [0, 0.1) is 6.92 Å². The molecule has 4 rings (SSSR count). The predicted molar refractivity (Wildman–Crippen MR) is 119 cm³/mol. The molecule has 0 saturated carbocycles. The fraction of sp³-hybridized carbons (Fsp3) is 0.0952. The minimum Gasteiger partial charge on any atom is -0.326 e. The number of carbonyl (C=O) groups is 1. The lowest BCUT2D eigenvalue weighted by Crippen LogP contribution is -2.13. The molecule has 0 radical (unpaired) electrons. The van der Waals surface area contributed by atoms with Crippen molar-refractivity contribution in [1.82, 2.24) is 19.9 Å². The first kappa shape index (κ1) is 20.0. The van der Waals surface area contributed by atoms with E-state index >= 15 is 0 Å². The van der Waals surface area contributed by atoms with Crippen molar-refractivity contribution < 1.29 is 4.79 Å². The average molecular weight is 435 g/mol. The van der Waals surface area contributed by atoms with Crippen molar-refractivity contribution in [3.8, 4) is 0 Å². The van der Waals surface area contributed by atoms with Gasteiger partial charge in [0.1, 0.15) is 5.82 Å². The molecule has 0 unspecified atom stereocenters. The molecule has 150 valence electrons. The number of benzene rings is 2. The first-order valence-corrected chi connectivity index (χ1v) is 10.8. The minimum absolute atomic E-state index is 0.0889. The van der Waals surface area contributed by atoms with Crippen molar-refractivity contribution in [3.63, 3.8) is 0 Å². The van der Waals surface area contributed by atoms with Crippen molar-refractivity contribution in [1.29, 1.82) is 0 Å². The second kappa shape index (κ2) is 9.47. The lowest BCUT2D eigenvalue weighted by Gasteiger charge is -2.05. The van der Waals surface area contributed by atoms with E-state index in [2.05, 4.69) is 30.6 Å². The van der Waals surface area contributed by atoms with Crippen molar-refractivity contribution >= 4 is 45.8 Å². The van der Waals surface area contributed by atoms with E-state index < -0.39 is 0 Å². The maximum absolute atomic E-state index is 12.2. The molecule has 2 aromatic heterocycles. The van der Waals surface area contributed by atoms with Crippen LogP contribution in [-0.4, -0.2) is 25.8 Å². The number of hydrogen-bond acceptors (Lipinski definition) is 8. The monoisotopic (exact) mass is 434 g/mol. The van der Waals surface area contributed by atoms with Gasteiger partial charge in [0.15, 0.2) is 10.3 Å². The van der Waals surface area contributed by atoms with E-state index in [1.165, 1.54) is 23.1 Å². The third-order valence-electron chi connectivity index (χ3n) is 3.84. The molecular formula is C21H18N6OS2. The predicted octanol–water partition coefficient (Wildman–Crippen LogP) is 4.71. The standard InChI is InChI=1S/C21H18N6OS2/c1-14-23-19(27-21(24-14)29-16-10-6-3-7-11-16)26-20-22-13-17(30-20)12-18(28)25-15-8-4-2-5-9-15/h2-11,13H,12H2,1H3,(H,25,28)(H,22,23,24,26,27). The summed E-state index contributed by atoms with van der Waals surface area (Å²) in [5.74, 6) is 0.953. The molecule has 4 aromatic rings. The summed E-state index contributed by atoms with van der Waals surface area (Å²) in [6.07, 6.45) is 1.94. The molecule has 0 bridgehead atoms. The maximum Gasteiger partial charge on any atom is 0.233 e. The quantitative estimate of drug-likeness (QED) is 0.435. The molecule has 0 fully saturated rings. The number of thiazole rings is 1. The minimum atomic E-state index is -0.0889. The zero-order valence-electron chi connectivity index (χ0n) is 16.1. The van der Waals surface area contributed by atoms with Gasteiger partial charge in [0, 0.05) is 21.7 Å². The maximum atomic E-state index is 12.2.